The predicted molar refractivity (Wildman–Crippen MR) is 160 cm³/mol. The number of ether oxygens (including phenoxy) is 4. The van der Waals surface area contributed by atoms with Gasteiger partial charge in [0.05, 0.1) is 26.9 Å². The highest BCUT2D eigenvalue weighted by atomic mass is 16.6. The molecule has 1 amide bonds. The van der Waals surface area contributed by atoms with E-state index in [1.807, 2.05) is 85.8 Å². The number of carbonyl (C=O) groups is 1. The molecular formula is C33H35N3O7. The number of hydrogen-bond acceptors (Lipinski definition) is 8. The molecule has 10 nitrogen and oxygen atoms in total. The van der Waals surface area contributed by atoms with E-state index in [9.17, 15) is 14.7 Å². The molecule has 4 aromatic rings. The predicted octanol–water partition coefficient (Wildman–Crippen LogP) is 4.12. The molecule has 1 saturated heterocycles. The number of nitrogens with one attached hydrogen (secondary N) is 1. The maximum atomic E-state index is 12.8. The average Bonchev–Trinajstić information content (AvgIpc) is 3.31. The number of anilines is 1. The molecule has 43 heavy (non-hydrogen) atoms. The Balaban J connectivity index is 1.51. The SMILES string of the molecule is COc1ccc(C(OC[C@H]2O[C@@H](n3ccc(NC(C)=O)nc3=O)[C@H](O)[C@@H]2C)(c2ccccc2)c2ccc(OC)cc2)cc1. The van der Waals surface area contributed by atoms with Crippen molar-refractivity contribution in [3.05, 3.63) is 118 Å². The summed E-state index contributed by atoms with van der Waals surface area (Å²) in [6.07, 6.45) is -1.11. The minimum Gasteiger partial charge on any atom is -0.497 e. The fourth-order valence-corrected chi connectivity index (χ4v) is 5.42. The molecule has 1 aromatic heterocycles. The minimum atomic E-state index is -1.07. The first-order valence-electron chi connectivity index (χ1n) is 14.0. The molecule has 0 spiro atoms. The van der Waals surface area contributed by atoms with Gasteiger partial charge in [-0.3, -0.25) is 9.36 Å². The fraction of sp³-hybridized carbons (Fsp3) is 0.303. The van der Waals surface area contributed by atoms with Gasteiger partial charge < -0.3 is 29.4 Å². The highest BCUT2D eigenvalue weighted by molar-refractivity contribution is 5.87. The Morgan fingerprint density at radius 2 is 1.49 bits per heavy atom. The van der Waals surface area contributed by atoms with E-state index in [1.165, 1.54) is 23.8 Å². The smallest absolute Gasteiger partial charge is 0.351 e. The number of nitrogens with zero attached hydrogens (tertiary/aromatic N) is 2. The van der Waals surface area contributed by atoms with E-state index in [-0.39, 0.29) is 24.2 Å². The molecule has 0 radical (unpaired) electrons. The van der Waals surface area contributed by atoms with Crippen molar-refractivity contribution >= 4 is 11.7 Å². The Hall–Kier alpha value is -4.51. The van der Waals surface area contributed by atoms with Gasteiger partial charge >= 0.3 is 5.69 Å². The van der Waals surface area contributed by atoms with Crippen molar-refractivity contribution in [2.24, 2.45) is 5.92 Å². The van der Waals surface area contributed by atoms with Crippen LogP contribution in [-0.4, -0.2) is 53.6 Å². The third-order valence-electron chi connectivity index (χ3n) is 7.78. The molecule has 2 N–H and O–H groups in total. The molecule has 0 saturated carbocycles. The molecule has 1 aliphatic rings. The van der Waals surface area contributed by atoms with Crippen LogP contribution in [0, 0.1) is 5.92 Å². The quantitative estimate of drug-likeness (QED) is 0.267. The van der Waals surface area contributed by atoms with Gasteiger partial charge in [0.1, 0.15) is 29.0 Å². The summed E-state index contributed by atoms with van der Waals surface area (Å²) in [5.74, 6) is 0.821. The van der Waals surface area contributed by atoms with E-state index in [0.29, 0.717) is 11.5 Å². The number of aromatic nitrogens is 2. The van der Waals surface area contributed by atoms with Crippen LogP contribution >= 0.6 is 0 Å². The Kier molecular flexibility index (Phi) is 8.91. The van der Waals surface area contributed by atoms with Crippen LogP contribution in [-0.2, 0) is 19.9 Å². The summed E-state index contributed by atoms with van der Waals surface area (Å²) < 4.78 is 25.3. The van der Waals surface area contributed by atoms with Crippen molar-refractivity contribution in [1.29, 1.82) is 0 Å². The van der Waals surface area contributed by atoms with E-state index in [1.54, 1.807) is 14.2 Å². The number of hydrogen-bond donors (Lipinski definition) is 2. The van der Waals surface area contributed by atoms with Crippen LogP contribution in [0.5, 0.6) is 11.5 Å². The van der Waals surface area contributed by atoms with Gasteiger partial charge in [-0.1, -0.05) is 61.5 Å². The van der Waals surface area contributed by atoms with Crippen LogP contribution in [0.15, 0.2) is 95.9 Å². The summed E-state index contributed by atoms with van der Waals surface area (Å²) >= 11 is 0. The monoisotopic (exact) mass is 585 g/mol. The highest BCUT2D eigenvalue weighted by Gasteiger charge is 2.45. The Labute approximate surface area is 249 Å². The first-order valence-corrected chi connectivity index (χ1v) is 14.0. The normalized spacial score (nSPS) is 20.0. The molecule has 1 aliphatic heterocycles. The van der Waals surface area contributed by atoms with E-state index in [0.717, 1.165) is 16.7 Å². The molecule has 224 valence electrons. The van der Waals surface area contributed by atoms with Crippen molar-refractivity contribution in [1.82, 2.24) is 9.55 Å². The van der Waals surface area contributed by atoms with E-state index < -0.39 is 29.7 Å². The second kappa shape index (κ2) is 12.8. The van der Waals surface area contributed by atoms with Crippen molar-refractivity contribution in [3.8, 4) is 11.5 Å². The lowest BCUT2D eigenvalue weighted by atomic mass is 9.80. The summed E-state index contributed by atoms with van der Waals surface area (Å²) in [7, 11) is 3.24. The molecule has 1 fully saturated rings. The van der Waals surface area contributed by atoms with Crippen molar-refractivity contribution in [3.63, 3.8) is 0 Å². The second-order valence-electron chi connectivity index (χ2n) is 10.4. The van der Waals surface area contributed by atoms with Crippen LogP contribution in [0.1, 0.15) is 36.8 Å². The molecule has 2 heterocycles. The molecular weight excluding hydrogens is 550 g/mol. The van der Waals surface area contributed by atoms with Gasteiger partial charge in [-0.05, 0) is 47.0 Å². The first-order chi connectivity index (χ1) is 20.8. The molecule has 0 unspecified atom stereocenters. The van der Waals surface area contributed by atoms with Crippen LogP contribution < -0.4 is 20.5 Å². The van der Waals surface area contributed by atoms with Gasteiger partial charge in [-0.25, -0.2) is 4.79 Å². The number of aliphatic hydroxyl groups is 1. The van der Waals surface area contributed by atoms with Gasteiger partial charge in [-0.2, -0.15) is 4.98 Å². The number of aliphatic hydroxyl groups excluding tert-OH is 1. The molecule has 0 bridgehead atoms. The zero-order valence-electron chi connectivity index (χ0n) is 24.5. The standard InChI is InChI=1S/C33H35N3O7/c1-21-28(43-31(30(21)38)36-19-18-29(34-22(2)37)35-32(36)39)20-42-33(23-8-6-5-7-9-23,24-10-14-26(40-3)15-11-24)25-12-16-27(41-4)17-13-25/h5-19,21,28,30-31,38H,20H2,1-4H3,(H,34,35,37,39)/t21-,28-,30-,31-/m1/s1. The summed E-state index contributed by atoms with van der Waals surface area (Å²) in [5.41, 5.74) is 0.897. The summed E-state index contributed by atoms with van der Waals surface area (Å²) in [4.78, 5) is 28.1. The summed E-state index contributed by atoms with van der Waals surface area (Å²) in [6.45, 7) is 3.28. The van der Waals surface area contributed by atoms with Crippen LogP contribution in [0.4, 0.5) is 5.82 Å². The zero-order chi connectivity index (χ0) is 30.6. The molecule has 0 aliphatic carbocycles. The van der Waals surface area contributed by atoms with Gasteiger partial charge in [0, 0.05) is 19.0 Å². The lowest BCUT2D eigenvalue weighted by Gasteiger charge is -2.37. The minimum absolute atomic E-state index is 0.0911. The lowest BCUT2D eigenvalue weighted by Crippen LogP contribution is -2.37. The number of carbonyl (C=O) groups excluding carboxylic acids is 1. The second-order valence-corrected chi connectivity index (χ2v) is 10.4. The van der Waals surface area contributed by atoms with Gasteiger partial charge in [0.2, 0.25) is 5.91 Å². The molecule has 10 heteroatoms. The van der Waals surface area contributed by atoms with E-state index in [4.69, 9.17) is 18.9 Å². The Morgan fingerprint density at radius 1 is 0.930 bits per heavy atom. The van der Waals surface area contributed by atoms with Gasteiger partial charge in [0.15, 0.2) is 6.23 Å². The third kappa shape index (κ3) is 6.03. The third-order valence-corrected chi connectivity index (χ3v) is 7.78. The van der Waals surface area contributed by atoms with E-state index in [2.05, 4.69) is 10.3 Å². The average molecular weight is 586 g/mol. The molecule has 3 aromatic carbocycles. The van der Waals surface area contributed by atoms with Crippen molar-refractivity contribution in [2.45, 2.75) is 37.9 Å². The van der Waals surface area contributed by atoms with E-state index >= 15 is 0 Å². The number of methoxy groups -OCH3 is 2. The maximum absolute atomic E-state index is 12.8. The Bertz CT molecular complexity index is 1540. The highest BCUT2D eigenvalue weighted by Crippen LogP contribution is 2.43. The number of amides is 1. The van der Waals surface area contributed by atoms with Crippen LogP contribution in [0.2, 0.25) is 0 Å². The number of benzene rings is 3. The summed E-state index contributed by atoms with van der Waals surface area (Å²) in [5, 5.41) is 13.6. The van der Waals surface area contributed by atoms with Gasteiger partial charge in [0.25, 0.3) is 0 Å². The van der Waals surface area contributed by atoms with Crippen LogP contribution in [0.3, 0.4) is 0 Å². The lowest BCUT2D eigenvalue weighted by molar-refractivity contribution is -0.114. The molecule has 4 atom stereocenters. The first kappa shape index (κ1) is 30.0. The largest absolute Gasteiger partial charge is 0.497 e. The zero-order valence-corrected chi connectivity index (χ0v) is 24.5. The molecule has 5 rings (SSSR count). The topological polar surface area (TPSA) is 121 Å². The fourth-order valence-electron chi connectivity index (χ4n) is 5.42. The van der Waals surface area contributed by atoms with Crippen molar-refractivity contribution < 1.29 is 28.8 Å². The maximum Gasteiger partial charge on any atom is 0.351 e. The van der Waals surface area contributed by atoms with Gasteiger partial charge in [-0.15, -0.1) is 0 Å². The number of rotatable bonds is 10. The van der Waals surface area contributed by atoms with Crippen LogP contribution in [0.25, 0.3) is 0 Å². The Morgan fingerprint density at radius 3 is 2.00 bits per heavy atom. The summed E-state index contributed by atoms with van der Waals surface area (Å²) in [6, 6.07) is 26.8. The van der Waals surface area contributed by atoms with Crippen molar-refractivity contribution in [2.75, 3.05) is 26.1 Å².